The molecule has 4 aromatic heterocycles. The van der Waals surface area contributed by atoms with Crippen molar-refractivity contribution in [2.75, 3.05) is 44.3 Å². The fourth-order valence-corrected chi connectivity index (χ4v) is 7.14. The van der Waals surface area contributed by atoms with E-state index < -0.39 is 0 Å². The van der Waals surface area contributed by atoms with E-state index in [4.69, 9.17) is 19.0 Å². The maximum Gasteiger partial charge on any atom is 0.138 e. The summed E-state index contributed by atoms with van der Waals surface area (Å²) in [4.78, 5) is 9.77. The van der Waals surface area contributed by atoms with Gasteiger partial charge in [0.2, 0.25) is 0 Å². The van der Waals surface area contributed by atoms with E-state index in [1.165, 1.54) is 6.42 Å². The molecule has 0 amide bonds. The summed E-state index contributed by atoms with van der Waals surface area (Å²) in [5.74, 6) is 3.07. The molecule has 1 spiro atoms. The van der Waals surface area contributed by atoms with Crippen molar-refractivity contribution in [3.05, 3.63) is 59.9 Å². The average Bonchev–Trinajstić information content (AvgIpc) is 3.74. The highest BCUT2D eigenvalue weighted by atomic mass is 16.5. The van der Waals surface area contributed by atoms with Crippen LogP contribution in [-0.4, -0.2) is 81.7 Å². The second-order valence-corrected chi connectivity index (χ2v) is 12.3. The number of aromatic nitrogens is 4. The molecule has 5 aliphatic rings. The summed E-state index contributed by atoms with van der Waals surface area (Å²) in [5, 5.41) is 21.7. The third kappa shape index (κ3) is 4.51. The summed E-state index contributed by atoms with van der Waals surface area (Å²) in [6.45, 7) is 7.97. The van der Waals surface area contributed by atoms with Crippen LogP contribution in [0.1, 0.15) is 36.3 Å². The minimum absolute atomic E-state index is 0.0592. The zero-order valence-corrected chi connectivity index (χ0v) is 23.7. The maximum absolute atomic E-state index is 9.77. The van der Waals surface area contributed by atoms with Gasteiger partial charge in [0, 0.05) is 68.2 Å². The molecule has 0 aromatic carbocycles. The number of hydrogen-bond acceptors (Lipinski definition) is 10. The summed E-state index contributed by atoms with van der Waals surface area (Å²) in [6.07, 6.45) is 8.62. The molecule has 5 fully saturated rings. The van der Waals surface area contributed by atoms with Crippen molar-refractivity contribution >= 4 is 11.3 Å². The molecule has 5 saturated heterocycles. The van der Waals surface area contributed by atoms with Crippen molar-refractivity contribution in [2.24, 2.45) is 5.92 Å². The van der Waals surface area contributed by atoms with Gasteiger partial charge in [0.1, 0.15) is 23.4 Å². The van der Waals surface area contributed by atoms with E-state index in [2.05, 4.69) is 43.6 Å². The molecule has 11 heteroatoms. The largest absolute Gasteiger partial charge is 0.492 e. The number of rotatable bonds is 8. The van der Waals surface area contributed by atoms with Gasteiger partial charge in [-0.1, -0.05) is 5.16 Å². The summed E-state index contributed by atoms with van der Waals surface area (Å²) >= 11 is 0. The van der Waals surface area contributed by atoms with Crippen molar-refractivity contribution in [3.8, 4) is 22.9 Å². The Balaban J connectivity index is 0.967. The lowest BCUT2D eigenvalue weighted by Crippen LogP contribution is -2.68. The van der Waals surface area contributed by atoms with E-state index >= 15 is 0 Å². The Hall–Kier alpha value is -3.98. The highest BCUT2D eigenvalue weighted by molar-refractivity contribution is 5.85. The molecule has 11 nitrogen and oxygen atoms in total. The Labute approximate surface area is 244 Å². The first-order chi connectivity index (χ1) is 20.6. The van der Waals surface area contributed by atoms with Crippen LogP contribution < -0.4 is 15.0 Å². The van der Waals surface area contributed by atoms with E-state index in [1.54, 1.807) is 10.7 Å². The number of nitrogens with one attached hydrogen (secondary N) is 1. The molecule has 2 bridgehead atoms. The molecule has 3 atom stereocenters. The monoisotopic (exact) mass is 566 g/mol. The third-order valence-electron chi connectivity index (χ3n) is 9.43. The number of pyridine rings is 2. The number of nitrogens with zero attached hydrogens (tertiary/aromatic N) is 7. The molecule has 216 valence electrons. The molecule has 3 unspecified atom stereocenters. The van der Waals surface area contributed by atoms with Crippen molar-refractivity contribution in [1.29, 1.82) is 5.26 Å². The fourth-order valence-electron chi connectivity index (χ4n) is 7.14. The number of anilines is 1. The quantitative estimate of drug-likeness (QED) is 0.341. The highest BCUT2D eigenvalue weighted by Crippen LogP contribution is 2.37. The van der Waals surface area contributed by atoms with Crippen molar-refractivity contribution in [3.63, 3.8) is 0 Å². The number of piperidine rings is 1. The minimum atomic E-state index is 0.0592. The van der Waals surface area contributed by atoms with Gasteiger partial charge in [-0.2, -0.15) is 10.4 Å². The van der Waals surface area contributed by atoms with Gasteiger partial charge in [-0.15, -0.1) is 0 Å². The molecule has 9 heterocycles. The SMILES string of the molecule is Cc1cc(CN2C3CC2CN(c2ccc(-c4cc(OCCC5COC6(CNC6)C5)cn5ncc(C#N)c45)cn2)C3)no1. The predicted octanol–water partition coefficient (Wildman–Crippen LogP) is 3.17. The van der Waals surface area contributed by atoms with E-state index in [-0.39, 0.29) is 5.60 Å². The zero-order chi connectivity index (χ0) is 28.3. The Bertz CT molecular complexity index is 1640. The van der Waals surface area contributed by atoms with E-state index in [9.17, 15) is 5.26 Å². The topological polar surface area (TPSA) is 117 Å². The van der Waals surface area contributed by atoms with Gasteiger partial charge in [-0.25, -0.2) is 9.50 Å². The minimum Gasteiger partial charge on any atom is -0.492 e. The van der Waals surface area contributed by atoms with E-state index in [0.717, 1.165) is 91.8 Å². The van der Waals surface area contributed by atoms with Crippen LogP contribution in [0.5, 0.6) is 5.75 Å². The summed E-state index contributed by atoms with van der Waals surface area (Å²) in [6, 6.07) is 11.5. The van der Waals surface area contributed by atoms with Gasteiger partial charge >= 0.3 is 0 Å². The van der Waals surface area contributed by atoms with Gasteiger partial charge < -0.3 is 24.2 Å². The van der Waals surface area contributed by atoms with E-state index in [1.807, 2.05) is 31.5 Å². The van der Waals surface area contributed by atoms with Crippen LogP contribution in [0.25, 0.3) is 16.6 Å². The second-order valence-electron chi connectivity index (χ2n) is 12.3. The van der Waals surface area contributed by atoms with Gasteiger partial charge in [0.15, 0.2) is 0 Å². The van der Waals surface area contributed by atoms with Crippen LogP contribution >= 0.6 is 0 Å². The van der Waals surface area contributed by atoms with Crippen LogP contribution in [-0.2, 0) is 11.3 Å². The number of nitriles is 1. The van der Waals surface area contributed by atoms with Crippen LogP contribution in [0.15, 0.2) is 47.4 Å². The Morgan fingerprint density at radius 3 is 2.76 bits per heavy atom. The van der Waals surface area contributed by atoms with Gasteiger partial charge in [0.25, 0.3) is 0 Å². The van der Waals surface area contributed by atoms with Gasteiger partial charge in [-0.05, 0) is 50.3 Å². The first kappa shape index (κ1) is 25.7. The average molecular weight is 567 g/mol. The van der Waals surface area contributed by atoms with Crippen molar-refractivity contribution in [2.45, 2.75) is 50.4 Å². The van der Waals surface area contributed by atoms with Crippen LogP contribution in [0.4, 0.5) is 5.82 Å². The van der Waals surface area contributed by atoms with E-state index in [0.29, 0.717) is 30.2 Å². The standard InChI is InChI=1S/C31H34N8O3/c1-20-6-24(36-42-20)13-38-25-7-26(38)15-37(14-25)29-3-2-22(11-34-29)28-8-27(16-39-30(28)23(10-32)12-35-39)40-5-4-21-9-31(41-17-21)18-33-19-31/h2-3,6,8,11-12,16,21,25-26,33H,4-5,7,9,13-15,17-19H2,1H3. The number of aryl methyl sites for hydroxylation is 1. The molecular weight excluding hydrogens is 532 g/mol. The maximum atomic E-state index is 9.77. The zero-order valence-electron chi connectivity index (χ0n) is 23.7. The molecule has 0 saturated carbocycles. The number of hydrogen-bond donors (Lipinski definition) is 1. The van der Waals surface area contributed by atoms with Gasteiger partial charge in [-0.3, -0.25) is 4.90 Å². The first-order valence-electron chi connectivity index (χ1n) is 14.8. The fraction of sp³-hybridized carbons (Fsp3) is 0.484. The predicted molar refractivity (Wildman–Crippen MR) is 154 cm³/mol. The summed E-state index contributed by atoms with van der Waals surface area (Å²) in [7, 11) is 0. The molecule has 4 aromatic rings. The van der Waals surface area contributed by atoms with Crippen LogP contribution in [0, 0.1) is 24.2 Å². The molecule has 5 aliphatic heterocycles. The highest BCUT2D eigenvalue weighted by Gasteiger charge is 2.46. The lowest BCUT2D eigenvalue weighted by atomic mass is 9.87. The van der Waals surface area contributed by atoms with Crippen LogP contribution in [0.3, 0.4) is 0 Å². The Morgan fingerprint density at radius 1 is 1.19 bits per heavy atom. The Kier molecular flexibility index (Phi) is 6.17. The molecular formula is C31H34N8O3. The number of ether oxygens (including phenoxy) is 2. The molecule has 9 rings (SSSR count). The van der Waals surface area contributed by atoms with Gasteiger partial charge in [0.05, 0.1) is 48.0 Å². The normalized spacial score (nSPS) is 24.5. The number of fused-ring (bicyclic) bond motifs is 3. The van der Waals surface area contributed by atoms with Crippen LogP contribution in [0.2, 0.25) is 0 Å². The first-order valence-corrected chi connectivity index (χ1v) is 14.8. The number of piperazine rings is 1. The molecule has 1 N–H and O–H groups in total. The smallest absolute Gasteiger partial charge is 0.138 e. The third-order valence-corrected chi connectivity index (χ3v) is 9.43. The lowest BCUT2D eigenvalue weighted by Gasteiger charge is -2.56. The summed E-state index contributed by atoms with van der Waals surface area (Å²) < 4.78 is 19.3. The summed E-state index contributed by atoms with van der Waals surface area (Å²) in [5.41, 5.74) is 4.17. The van der Waals surface area contributed by atoms with Crippen molar-refractivity contribution < 1.29 is 14.0 Å². The van der Waals surface area contributed by atoms with Crippen molar-refractivity contribution in [1.82, 2.24) is 30.0 Å². The molecule has 42 heavy (non-hydrogen) atoms. The molecule has 0 radical (unpaired) electrons. The lowest BCUT2D eigenvalue weighted by molar-refractivity contribution is -0.0363. The Morgan fingerprint density at radius 2 is 2.07 bits per heavy atom. The second kappa shape index (κ2) is 10.1. The molecule has 0 aliphatic carbocycles.